The van der Waals surface area contributed by atoms with Crippen LogP contribution >= 0.6 is 0 Å². The van der Waals surface area contributed by atoms with Crippen LogP contribution in [-0.2, 0) is 0 Å². The van der Waals surface area contributed by atoms with Crippen LogP contribution in [0, 0.1) is 11.3 Å². The molecule has 0 bridgehead atoms. The molecule has 2 aromatic rings. The molecule has 1 unspecified atom stereocenters. The van der Waals surface area contributed by atoms with Crippen LogP contribution in [0.1, 0.15) is 11.6 Å². The van der Waals surface area contributed by atoms with Gasteiger partial charge in [-0.1, -0.05) is 36.4 Å². The Labute approximate surface area is 101 Å². The molecular weight excluding hydrogens is 210 g/mol. The largest absolute Gasteiger partial charge is 0.399 e. The summed E-state index contributed by atoms with van der Waals surface area (Å²) in [5.74, 6) is 0. The maximum Gasteiger partial charge on any atom is 0.140 e. The van der Waals surface area contributed by atoms with Gasteiger partial charge in [0.1, 0.15) is 6.04 Å². The van der Waals surface area contributed by atoms with Gasteiger partial charge in [0.15, 0.2) is 0 Å². The lowest BCUT2D eigenvalue weighted by molar-refractivity contribution is 0.998. The predicted molar refractivity (Wildman–Crippen MR) is 69.3 cm³/mol. The van der Waals surface area contributed by atoms with Crippen LogP contribution in [0.5, 0.6) is 0 Å². The molecule has 0 aliphatic carbocycles. The predicted octanol–water partition coefficient (Wildman–Crippen LogP) is 2.95. The zero-order valence-corrected chi connectivity index (χ0v) is 9.30. The minimum absolute atomic E-state index is 0.363. The average Bonchev–Trinajstić information content (AvgIpc) is 2.37. The van der Waals surface area contributed by atoms with Gasteiger partial charge in [-0.2, -0.15) is 5.26 Å². The second-order valence-corrected chi connectivity index (χ2v) is 3.74. The zero-order valence-electron chi connectivity index (χ0n) is 9.30. The van der Waals surface area contributed by atoms with Crippen LogP contribution in [0.15, 0.2) is 54.6 Å². The topological polar surface area (TPSA) is 61.8 Å². The second-order valence-electron chi connectivity index (χ2n) is 3.74. The molecule has 0 aliphatic heterocycles. The molecule has 0 aromatic heterocycles. The molecule has 3 N–H and O–H groups in total. The third-order valence-corrected chi connectivity index (χ3v) is 2.46. The zero-order chi connectivity index (χ0) is 12.1. The van der Waals surface area contributed by atoms with Crippen molar-refractivity contribution in [1.29, 1.82) is 5.26 Å². The minimum Gasteiger partial charge on any atom is -0.399 e. The van der Waals surface area contributed by atoms with Crippen LogP contribution < -0.4 is 11.1 Å². The first kappa shape index (κ1) is 11.0. The Morgan fingerprint density at radius 1 is 1.06 bits per heavy atom. The fraction of sp³-hybridized carbons (Fsp3) is 0.0714. The maximum absolute atomic E-state index is 9.17. The van der Waals surface area contributed by atoms with E-state index in [-0.39, 0.29) is 6.04 Å². The Bertz CT molecular complexity index is 529. The average molecular weight is 223 g/mol. The fourth-order valence-electron chi connectivity index (χ4n) is 1.63. The van der Waals surface area contributed by atoms with Crippen LogP contribution in [0.2, 0.25) is 0 Å². The van der Waals surface area contributed by atoms with Gasteiger partial charge in [-0.05, 0) is 23.8 Å². The Balaban J connectivity index is 2.20. The Hall–Kier alpha value is -2.47. The summed E-state index contributed by atoms with van der Waals surface area (Å²) in [5, 5.41) is 12.3. The Morgan fingerprint density at radius 3 is 2.47 bits per heavy atom. The SMILES string of the molecule is N#CC(Nc1cccc(N)c1)c1ccccc1. The van der Waals surface area contributed by atoms with Gasteiger partial charge >= 0.3 is 0 Å². The molecule has 3 heteroatoms. The molecule has 17 heavy (non-hydrogen) atoms. The monoisotopic (exact) mass is 223 g/mol. The number of nitrogens with two attached hydrogens (primary N) is 1. The molecule has 0 saturated heterocycles. The first-order chi connectivity index (χ1) is 8.29. The van der Waals surface area contributed by atoms with Crippen molar-refractivity contribution in [3.05, 3.63) is 60.2 Å². The van der Waals surface area contributed by atoms with Gasteiger partial charge in [-0.3, -0.25) is 0 Å². The van der Waals surface area contributed by atoms with Crippen molar-refractivity contribution in [3.8, 4) is 6.07 Å². The van der Waals surface area contributed by atoms with E-state index in [2.05, 4.69) is 11.4 Å². The summed E-state index contributed by atoms with van der Waals surface area (Å²) in [6.45, 7) is 0. The van der Waals surface area contributed by atoms with Crippen molar-refractivity contribution in [2.45, 2.75) is 6.04 Å². The highest BCUT2D eigenvalue weighted by Gasteiger charge is 2.09. The van der Waals surface area contributed by atoms with E-state index in [0.29, 0.717) is 5.69 Å². The van der Waals surface area contributed by atoms with E-state index in [1.54, 1.807) is 0 Å². The molecule has 0 fully saturated rings. The van der Waals surface area contributed by atoms with E-state index >= 15 is 0 Å². The second kappa shape index (κ2) is 5.04. The van der Waals surface area contributed by atoms with Crippen molar-refractivity contribution < 1.29 is 0 Å². The van der Waals surface area contributed by atoms with E-state index in [1.165, 1.54) is 0 Å². The number of hydrogen-bond donors (Lipinski definition) is 2. The van der Waals surface area contributed by atoms with Gasteiger partial charge in [-0.25, -0.2) is 0 Å². The molecule has 3 nitrogen and oxygen atoms in total. The smallest absolute Gasteiger partial charge is 0.140 e. The Kier molecular flexibility index (Phi) is 3.27. The summed E-state index contributed by atoms with van der Waals surface area (Å²) >= 11 is 0. The molecule has 0 amide bonds. The van der Waals surface area contributed by atoms with Crippen molar-refractivity contribution in [2.24, 2.45) is 0 Å². The number of nitrogens with zero attached hydrogens (tertiary/aromatic N) is 1. The number of hydrogen-bond acceptors (Lipinski definition) is 3. The Morgan fingerprint density at radius 2 is 1.82 bits per heavy atom. The van der Waals surface area contributed by atoms with Crippen LogP contribution in [0.25, 0.3) is 0 Å². The first-order valence-electron chi connectivity index (χ1n) is 5.36. The van der Waals surface area contributed by atoms with Crippen molar-refractivity contribution in [1.82, 2.24) is 0 Å². The lowest BCUT2D eigenvalue weighted by Crippen LogP contribution is -2.08. The normalized spacial score (nSPS) is 11.5. The van der Waals surface area contributed by atoms with Gasteiger partial charge in [-0.15, -0.1) is 0 Å². The molecule has 1 atom stereocenters. The third-order valence-electron chi connectivity index (χ3n) is 2.46. The van der Waals surface area contributed by atoms with Crippen molar-refractivity contribution in [3.63, 3.8) is 0 Å². The van der Waals surface area contributed by atoms with Gasteiger partial charge in [0, 0.05) is 11.4 Å². The molecule has 0 aliphatic rings. The quantitative estimate of drug-likeness (QED) is 0.786. The summed E-state index contributed by atoms with van der Waals surface area (Å²) in [6, 6.07) is 18.9. The fourth-order valence-corrected chi connectivity index (χ4v) is 1.63. The number of rotatable bonds is 3. The van der Waals surface area contributed by atoms with E-state index in [4.69, 9.17) is 11.0 Å². The lowest BCUT2D eigenvalue weighted by Gasteiger charge is -2.13. The van der Waals surface area contributed by atoms with Gasteiger partial charge in [0.05, 0.1) is 6.07 Å². The summed E-state index contributed by atoms with van der Waals surface area (Å²) in [7, 11) is 0. The van der Waals surface area contributed by atoms with E-state index in [0.717, 1.165) is 11.3 Å². The van der Waals surface area contributed by atoms with Gasteiger partial charge in [0.2, 0.25) is 0 Å². The van der Waals surface area contributed by atoms with E-state index in [1.807, 2.05) is 54.6 Å². The van der Waals surface area contributed by atoms with Gasteiger partial charge < -0.3 is 11.1 Å². The molecular formula is C14H13N3. The molecule has 0 radical (unpaired) electrons. The summed E-state index contributed by atoms with van der Waals surface area (Å²) < 4.78 is 0. The maximum atomic E-state index is 9.17. The summed E-state index contributed by atoms with van der Waals surface area (Å²) in [6.07, 6.45) is 0. The van der Waals surface area contributed by atoms with E-state index in [9.17, 15) is 0 Å². The summed E-state index contributed by atoms with van der Waals surface area (Å²) in [5.41, 5.74) is 8.16. The number of benzene rings is 2. The lowest BCUT2D eigenvalue weighted by atomic mass is 10.1. The molecule has 0 heterocycles. The third kappa shape index (κ3) is 2.76. The number of nitriles is 1. The minimum atomic E-state index is -0.363. The standard InChI is InChI=1S/C14H13N3/c15-10-14(11-5-2-1-3-6-11)17-13-8-4-7-12(16)9-13/h1-9,14,17H,16H2. The number of nitrogen functional groups attached to an aromatic ring is 1. The summed E-state index contributed by atoms with van der Waals surface area (Å²) in [4.78, 5) is 0. The highest BCUT2D eigenvalue weighted by atomic mass is 14.9. The molecule has 84 valence electrons. The highest BCUT2D eigenvalue weighted by molar-refractivity contribution is 5.55. The molecule has 0 saturated carbocycles. The van der Waals surface area contributed by atoms with E-state index < -0.39 is 0 Å². The van der Waals surface area contributed by atoms with Crippen LogP contribution in [0.4, 0.5) is 11.4 Å². The highest BCUT2D eigenvalue weighted by Crippen LogP contribution is 2.20. The first-order valence-corrected chi connectivity index (χ1v) is 5.36. The molecule has 0 spiro atoms. The van der Waals surface area contributed by atoms with Crippen molar-refractivity contribution >= 4 is 11.4 Å². The van der Waals surface area contributed by atoms with Gasteiger partial charge in [0.25, 0.3) is 0 Å². The molecule has 2 aromatic carbocycles. The number of nitrogens with one attached hydrogen (secondary N) is 1. The van der Waals surface area contributed by atoms with Crippen molar-refractivity contribution in [2.75, 3.05) is 11.1 Å². The van der Waals surface area contributed by atoms with Crippen LogP contribution in [0.3, 0.4) is 0 Å². The molecule has 2 rings (SSSR count). The van der Waals surface area contributed by atoms with Crippen LogP contribution in [-0.4, -0.2) is 0 Å². The number of anilines is 2.